The van der Waals surface area contributed by atoms with Crippen LogP contribution in [0.25, 0.3) is 0 Å². The minimum absolute atomic E-state index is 0.0762. The maximum Gasteiger partial charge on any atom is 0.226 e. The number of amides is 1. The summed E-state index contributed by atoms with van der Waals surface area (Å²) in [5.74, 6) is 0.234. The first-order valence-corrected chi connectivity index (χ1v) is 7.74. The molecule has 0 aromatic heterocycles. The monoisotopic (exact) mass is 274 g/mol. The van der Waals surface area contributed by atoms with Crippen molar-refractivity contribution in [3.63, 3.8) is 0 Å². The molecule has 0 saturated carbocycles. The van der Waals surface area contributed by atoms with Crippen molar-refractivity contribution in [2.45, 2.75) is 45.6 Å². The molecule has 3 heteroatoms. The van der Waals surface area contributed by atoms with Crippen molar-refractivity contribution < 1.29 is 4.79 Å². The molecule has 0 spiro atoms. The van der Waals surface area contributed by atoms with Gasteiger partial charge in [-0.1, -0.05) is 43.7 Å². The van der Waals surface area contributed by atoms with Crippen LogP contribution in [0.3, 0.4) is 0 Å². The maximum atomic E-state index is 12.8. The molecular weight excluding hydrogens is 248 g/mol. The van der Waals surface area contributed by atoms with Gasteiger partial charge in [0, 0.05) is 0 Å². The van der Waals surface area contributed by atoms with Gasteiger partial charge in [-0.25, -0.2) is 0 Å². The molecule has 20 heavy (non-hydrogen) atoms. The average Bonchev–Trinajstić information content (AvgIpc) is 2.49. The molecule has 1 aliphatic rings. The van der Waals surface area contributed by atoms with Gasteiger partial charge in [-0.15, -0.1) is 0 Å². The topological polar surface area (TPSA) is 41.1 Å². The highest BCUT2D eigenvalue weighted by Gasteiger charge is 2.38. The van der Waals surface area contributed by atoms with Crippen LogP contribution in [0.5, 0.6) is 0 Å². The number of hydrogen-bond acceptors (Lipinski definition) is 2. The predicted molar refractivity (Wildman–Crippen MR) is 82.4 cm³/mol. The summed E-state index contributed by atoms with van der Waals surface area (Å²) in [6, 6.07) is 10.3. The van der Waals surface area contributed by atoms with E-state index in [1.165, 1.54) is 5.56 Å². The molecule has 1 heterocycles. The van der Waals surface area contributed by atoms with Gasteiger partial charge in [0.15, 0.2) is 0 Å². The lowest BCUT2D eigenvalue weighted by molar-refractivity contribution is -0.133. The minimum atomic E-state index is -0.164. The molecule has 1 unspecified atom stereocenters. The zero-order valence-corrected chi connectivity index (χ0v) is 12.6. The van der Waals surface area contributed by atoms with Crippen LogP contribution in [-0.2, 0) is 4.79 Å². The molecule has 1 aromatic carbocycles. The van der Waals surface area contributed by atoms with Crippen LogP contribution in [0, 0.1) is 5.41 Å². The Bertz CT molecular complexity index is 418. The number of benzene rings is 1. The highest BCUT2D eigenvalue weighted by atomic mass is 16.2. The maximum absolute atomic E-state index is 12.8. The first-order chi connectivity index (χ1) is 9.68. The summed E-state index contributed by atoms with van der Waals surface area (Å²) in [5, 5.41) is 6.58. The van der Waals surface area contributed by atoms with Gasteiger partial charge in [-0.3, -0.25) is 4.79 Å². The molecule has 0 aliphatic carbocycles. The summed E-state index contributed by atoms with van der Waals surface area (Å²) in [6.45, 7) is 6.13. The van der Waals surface area contributed by atoms with Crippen molar-refractivity contribution in [1.29, 1.82) is 0 Å². The molecule has 2 N–H and O–H groups in total. The van der Waals surface area contributed by atoms with Gasteiger partial charge in [0.25, 0.3) is 0 Å². The van der Waals surface area contributed by atoms with Crippen LogP contribution in [-0.4, -0.2) is 19.0 Å². The predicted octanol–water partition coefficient (Wildman–Crippen LogP) is 3.03. The molecular formula is C17H26N2O. The van der Waals surface area contributed by atoms with E-state index in [1.807, 2.05) is 18.2 Å². The summed E-state index contributed by atoms with van der Waals surface area (Å²) in [7, 11) is 0. The Morgan fingerprint density at radius 1 is 1.30 bits per heavy atom. The molecule has 0 radical (unpaired) electrons. The number of nitrogens with one attached hydrogen (secondary N) is 2. The zero-order chi connectivity index (χ0) is 14.4. The van der Waals surface area contributed by atoms with Crippen molar-refractivity contribution in [2.75, 3.05) is 13.1 Å². The van der Waals surface area contributed by atoms with Gasteiger partial charge in [0.1, 0.15) is 0 Å². The van der Waals surface area contributed by atoms with Crippen molar-refractivity contribution >= 4 is 5.91 Å². The average molecular weight is 274 g/mol. The zero-order valence-electron chi connectivity index (χ0n) is 12.6. The van der Waals surface area contributed by atoms with Crippen LogP contribution in [0.2, 0.25) is 0 Å². The van der Waals surface area contributed by atoms with E-state index in [0.29, 0.717) is 0 Å². The van der Waals surface area contributed by atoms with Crippen molar-refractivity contribution in [3.05, 3.63) is 35.9 Å². The highest BCUT2D eigenvalue weighted by molar-refractivity contribution is 5.83. The Balaban J connectivity index is 2.05. The fourth-order valence-electron chi connectivity index (χ4n) is 3.15. The second kappa shape index (κ2) is 6.89. The molecule has 1 aromatic rings. The van der Waals surface area contributed by atoms with Crippen LogP contribution in [0.15, 0.2) is 30.3 Å². The first-order valence-electron chi connectivity index (χ1n) is 7.74. The van der Waals surface area contributed by atoms with Gasteiger partial charge < -0.3 is 10.6 Å². The second-order valence-electron chi connectivity index (χ2n) is 5.89. The van der Waals surface area contributed by atoms with Crippen LogP contribution in [0.1, 0.15) is 51.1 Å². The van der Waals surface area contributed by atoms with E-state index >= 15 is 0 Å². The minimum Gasteiger partial charge on any atom is -0.349 e. The van der Waals surface area contributed by atoms with E-state index in [0.717, 1.165) is 38.8 Å². The van der Waals surface area contributed by atoms with Crippen LogP contribution >= 0.6 is 0 Å². The largest absolute Gasteiger partial charge is 0.349 e. The molecule has 1 amide bonds. The number of piperidine rings is 1. The van der Waals surface area contributed by atoms with Crippen molar-refractivity contribution in [3.8, 4) is 0 Å². The lowest BCUT2D eigenvalue weighted by Gasteiger charge is -2.37. The smallest absolute Gasteiger partial charge is 0.226 e. The van der Waals surface area contributed by atoms with E-state index < -0.39 is 0 Å². The number of carbonyl (C=O) groups is 1. The summed E-state index contributed by atoms with van der Waals surface area (Å²) < 4.78 is 0. The molecule has 1 atom stereocenters. The van der Waals surface area contributed by atoms with Gasteiger partial charge in [-0.2, -0.15) is 0 Å². The lowest BCUT2D eigenvalue weighted by atomic mass is 9.74. The van der Waals surface area contributed by atoms with Gasteiger partial charge in [0.05, 0.1) is 11.5 Å². The standard InChI is InChI=1S/C17H26N2O/c1-3-9-17(10-12-18-13-11-17)16(20)19-14(2)15-7-5-4-6-8-15/h4-8,14,18H,3,9-13H2,1-2H3,(H,19,20). The van der Waals surface area contributed by atoms with Crippen LogP contribution in [0.4, 0.5) is 0 Å². The van der Waals surface area contributed by atoms with E-state index in [9.17, 15) is 4.79 Å². The Morgan fingerprint density at radius 3 is 2.55 bits per heavy atom. The second-order valence-corrected chi connectivity index (χ2v) is 5.89. The third kappa shape index (κ3) is 3.40. The number of carbonyl (C=O) groups excluding carboxylic acids is 1. The van der Waals surface area contributed by atoms with E-state index in [4.69, 9.17) is 0 Å². The molecule has 0 bridgehead atoms. The normalized spacial score (nSPS) is 19.3. The fraction of sp³-hybridized carbons (Fsp3) is 0.588. The van der Waals surface area contributed by atoms with Crippen molar-refractivity contribution in [2.24, 2.45) is 5.41 Å². The Kier molecular flexibility index (Phi) is 5.18. The summed E-state index contributed by atoms with van der Waals surface area (Å²) in [6.07, 6.45) is 3.96. The van der Waals surface area contributed by atoms with Crippen LogP contribution < -0.4 is 10.6 Å². The van der Waals surface area contributed by atoms with E-state index in [-0.39, 0.29) is 17.4 Å². The molecule has 3 nitrogen and oxygen atoms in total. The summed E-state index contributed by atoms with van der Waals surface area (Å²) >= 11 is 0. The summed E-state index contributed by atoms with van der Waals surface area (Å²) in [4.78, 5) is 12.8. The van der Waals surface area contributed by atoms with Gasteiger partial charge >= 0.3 is 0 Å². The van der Waals surface area contributed by atoms with E-state index in [2.05, 4.69) is 36.6 Å². The molecule has 1 aliphatic heterocycles. The Hall–Kier alpha value is -1.35. The Morgan fingerprint density at radius 2 is 1.95 bits per heavy atom. The van der Waals surface area contributed by atoms with Gasteiger partial charge in [0.2, 0.25) is 5.91 Å². The number of rotatable bonds is 5. The fourth-order valence-corrected chi connectivity index (χ4v) is 3.15. The molecule has 1 fully saturated rings. The molecule has 2 rings (SSSR count). The quantitative estimate of drug-likeness (QED) is 0.866. The van der Waals surface area contributed by atoms with E-state index in [1.54, 1.807) is 0 Å². The number of hydrogen-bond donors (Lipinski definition) is 2. The lowest BCUT2D eigenvalue weighted by Crippen LogP contribution is -2.48. The summed E-state index contributed by atoms with van der Waals surface area (Å²) in [5.41, 5.74) is 1.00. The SMILES string of the molecule is CCCC1(C(=O)NC(C)c2ccccc2)CCNCC1. The highest BCUT2D eigenvalue weighted by Crippen LogP contribution is 2.35. The molecule has 1 saturated heterocycles. The van der Waals surface area contributed by atoms with Gasteiger partial charge in [-0.05, 0) is 44.8 Å². The third-order valence-electron chi connectivity index (χ3n) is 4.42. The molecule has 110 valence electrons. The third-order valence-corrected chi connectivity index (χ3v) is 4.42. The van der Waals surface area contributed by atoms with Crippen molar-refractivity contribution in [1.82, 2.24) is 10.6 Å². The first kappa shape index (κ1) is 15.0. The Labute approximate surface area is 122 Å².